The number of imidazole rings is 1. The molecule has 132 valence electrons. The smallest absolute Gasteiger partial charge is 0.192 e. The van der Waals surface area contributed by atoms with Crippen molar-refractivity contribution < 1.29 is 8.42 Å². The van der Waals surface area contributed by atoms with Gasteiger partial charge in [-0.05, 0) is 30.3 Å². The lowest BCUT2D eigenvalue weighted by atomic mass is 10.2. The second-order valence-corrected chi connectivity index (χ2v) is 8.27. The van der Waals surface area contributed by atoms with Gasteiger partial charge in [0.15, 0.2) is 14.9 Å². The molecule has 0 N–H and O–H groups in total. The zero-order valence-corrected chi connectivity index (χ0v) is 15.8. The topological polar surface area (TPSA) is 88.6 Å². The number of halogens is 2. The van der Waals surface area contributed by atoms with E-state index in [-0.39, 0.29) is 11.4 Å². The van der Waals surface area contributed by atoms with Crippen molar-refractivity contribution in [2.24, 2.45) is 0 Å². The minimum atomic E-state index is -3.48. The van der Waals surface area contributed by atoms with Gasteiger partial charge in [0.2, 0.25) is 0 Å². The monoisotopic (exact) mass is 406 g/mol. The molecule has 0 saturated heterocycles. The summed E-state index contributed by atoms with van der Waals surface area (Å²) in [4.78, 5) is 8.28. The van der Waals surface area contributed by atoms with Gasteiger partial charge in [0, 0.05) is 18.0 Å². The van der Waals surface area contributed by atoms with Gasteiger partial charge in [0.1, 0.15) is 5.82 Å². The first kappa shape index (κ1) is 18.4. The Bertz CT molecular complexity index is 1130. The molecule has 6 nitrogen and oxygen atoms in total. The van der Waals surface area contributed by atoms with Crippen LogP contribution < -0.4 is 0 Å². The van der Waals surface area contributed by atoms with Crippen molar-refractivity contribution in [3.05, 3.63) is 58.5 Å². The number of hydrogen-bond acceptors (Lipinski definition) is 5. The second kappa shape index (κ2) is 7.08. The van der Waals surface area contributed by atoms with E-state index in [1.165, 1.54) is 12.3 Å². The van der Waals surface area contributed by atoms with E-state index in [2.05, 4.69) is 16.0 Å². The van der Waals surface area contributed by atoms with Crippen molar-refractivity contribution in [2.45, 2.75) is 11.4 Å². The van der Waals surface area contributed by atoms with Crippen LogP contribution in [-0.4, -0.2) is 29.2 Å². The van der Waals surface area contributed by atoms with Crippen molar-refractivity contribution >= 4 is 33.0 Å². The fourth-order valence-electron chi connectivity index (χ4n) is 2.46. The fraction of sp³-hybridized carbons (Fsp3) is 0.118. The Labute approximate surface area is 160 Å². The third kappa shape index (κ3) is 3.58. The summed E-state index contributed by atoms with van der Waals surface area (Å²) >= 11 is 12.1. The van der Waals surface area contributed by atoms with Crippen molar-refractivity contribution in [2.75, 3.05) is 6.26 Å². The van der Waals surface area contributed by atoms with Gasteiger partial charge in [-0.2, -0.15) is 5.26 Å². The number of pyridine rings is 1. The van der Waals surface area contributed by atoms with Crippen LogP contribution in [0.25, 0.3) is 17.1 Å². The molecule has 3 rings (SSSR count). The maximum atomic E-state index is 11.8. The summed E-state index contributed by atoms with van der Waals surface area (Å²) in [6, 6.07) is 10.2. The van der Waals surface area contributed by atoms with Gasteiger partial charge in [-0.25, -0.2) is 18.4 Å². The van der Waals surface area contributed by atoms with Gasteiger partial charge in [0.25, 0.3) is 0 Å². The molecule has 0 aliphatic heterocycles. The molecule has 0 aliphatic rings. The lowest BCUT2D eigenvalue weighted by molar-refractivity contribution is 0.598. The van der Waals surface area contributed by atoms with E-state index in [0.717, 1.165) is 6.26 Å². The number of benzene rings is 1. The van der Waals surface area contributed by atoms with E-state index in [1.54, 1.807) is 35.0 Å². The predicted molar refractivity (Wildman–Crippen MR) is 99.2 cm³/mol. The Morgan fingerprint density at radius 2 is 1.92 bits per heavy atom. The number of hydrogen-bond donors (Lipinski definition) is 0. The molecular formula is C17H12Cl2N4O2S. The van der Waals surface area contributed by atoms with Crippen molar-refractivity contribution in [3.63, 3.8) is 0 Å². The van der Waals surface area contributed by atoms with E-state index >= 15 is 0 Å². The van der Waals surface area contributed by atoms with E-state index in [0.29, 0.717) is 32.8 Å². The first-order valence-corrected chi connectivity index (χ1v) is 10.0. The largest absolute Gasteiger partial charge is 0.296 e. The van der Waals surface area contributed by atoms with Crippen LogP contribution in [0.5, 0.6) is 0 Å². The zero-order chi connectivity index (χ0) is 18.9. The van der Waals surface area contributed by atoms with E-state index in [9.17, 15) is 8.42 Å². The van der Waals surface area contributed by atoms with Crippen molar-refractivity contribution in [1.82, 2.24) is 14.5 Å². The molecule has 0 bridgehead atoms. The molecule has 2 heterocycles. The Kier molecular flexibility index (Phi) is 5.01. The third-order valence-corrected chi connectivity index (χ3v) is 5.35. The van der Waals surface area contributed by atoms with Gasteiger partial charge in [-0.15, -0.1) is 0 Å². The van der Waals surface area contributed by atoms with Gasteiger partial charge < -0.3 is 0 Å². The Morgan fingerprint density at radius 3 is 2.58 bits per heavy atom. The highest BCUT2D eigenvalue weighted by molar-refractivity contribution is 7.90. The van der Waals surface area contributed by atoms with E-state index in [4.69, 9.17) is 28.5 Å². The number of nitriles is 1. The molecule has 1 aromatic carbocycles. The first-order chi connectivity index (χ1) is 12.3. The molecule has 0 radical (unpaired) electrons. The number of aromatic nitrogens is 3. The molecule has 0 amide bonds. The molecule has 2 aromatic heterocycles. The molecule has 0 saturated carbocycles. The van der Waals surface area contributed by atoms with Crippen LogP contribution in [-0.2, 0) is 16.3 Å². The molecule has 3 aromatic rings. The zero-order valence-electron chi connectivity index (χ0n) is 13.5. The van der Waals surface area contributed by atoms with Gasteiger partial charge in [0.05, 0.1) is 40.1 Å². The molecule has 0 atom stereocenters. The average molecular weight is 407 g/mol. The molecule has 26 heavy (non-hydrogen) atoms. The summed E-state index contributed by atoms with van der Waals surface area (Å²) in [5.41, 5.74) is 1.82. The van der Waals surface area contributed by atoms with Gasteiger partial charge in [-0.1, -0.05) is 23.2 Å². The molecule has 9 heteroatoms. The fourth-order valence-corrected chi connectivity index (χ4v) is 3.35. The van der Waals surface area contributed by atoms with Crippen molar-refractivity contribution in [3.8, 4) is 23.1 Å². The Hall–Kier alpha value is -2.40. The molecule has 0 aliphatic carbocycles. The summed E-state index contributed by atoms with van der Waals surface area (Å²) in [5, 5.41) is 9.81. The molecule has 0 unspecified atom stereocenters. The van der Waals surface area contributed by atoms with Crippen LogP contribution >= 0.6 is 23.2 Å². The lowest BCUT2D eigenvalue weighted by Gasteiger charge is -2.12. The standard InChI is InChI=1S/C17H12Cl2N4O2S/c1-26(24,25)16-9-12(5-7-21-16)23-13(4-6-20)10-22-17(23)11-2-3-14(18)15(19)8-11/h2-3,5,7-10H,4H2,1H3. The summed E-state index contributed by atoms with van der Waals surface area (Å²) in [7, 11) is -3.48. The van der Waals surface area contributed by atoms with Crippen LogP contribution in [0, 0.1) is 11.3 Å². The van der Waals surface area contributed by atoms with Gasteiger partial charge in [-0.3, -0.25) is 4.57 Å². The average Bonchev–Trinajstić information content (AvgIpc) is 3.01. The summed E-state index contributed by atoms with van der Waals surface area (Å²) in [6.45, 7) is 0. The highest BCUT2D eigenvalue weighted by Crippen LogP contribution is 2.30. The van der Waals surface area contributed by atoms with Crippen LogP contribution in [0.15, 0.2) is 47.8 Å². The van der Waals surface area contributed by atoms with Crippen LogP contribution in [0.2, 0.25) is 10.0 Å². The molecule has 0 fully saturated rings. The third-order valence-electron chi connectivity index (χ3n) is 3.63. The minimum absolute atomic E-state index is 0.0632. The highest BCUT2D eigenvalue weighted by Gasteiger charge is 2.17. The summed E-state index contributed by atoms with van der Waals surface area (Å²) in [6.07, 6.45) is 4.16. The van der Waals surface area contributed by atoms with Crippen LogP contribution in [0.3, 0.4) is 0 Å². The second-order valence-electron chi connectivity index (χ2n) is 5.50. The number of sulfone groups is 1. The quantitative estimate of drug-likeness (QED) is 0.658. The number of nitrogens with zero attached hydrogens (tertiary/aromatic N) is 4. The predicted octanol–water partition coefficient (Wildman–Crippen LogP) is 3.71. The maximum Gasteiger partial charge on any atom is 0.192 e. The molecular weight excluding hydrogens is 395 g/mol. The Balaban J connectivity index is 2.24. The van der Waals surface area contributed by atoms with Crippen LogP contribution in [0.4, 0.5) is 0 Å². The van der Waals surface area contributed by atoms with Gasteiger partial charge >= 0.3 is 0 Å². The van der Waals surface area contributed by atoms with Crippen LogP contribution in [0.1, 0.15) is 5.69 Å². The summed E-state index contributed by atoms with van der Waals surface area (Å²) in [5.74, 6) is 0.513. The maximum absolute atomic E-state index is 11.8. The van der Waals surface area contributed by atoms with Crippen molar-refractivity contribution in [1.29, 1.82) is 5.26 Å². The normalized spacial score (nSPS) is 11.3. The summed E-state index contributed by atoms with van der Waals surface area (Å²) < 4.78 is 25.4. The SMILES string of the molecule is CS(=O)(=O)c1cc(-n2c(CC#N)cnc2-c2ccc(Cl)c(Cl)c2)ccn1. The van der Waals surface area contributed by atoms with E-state index in [1.807, 2.05) is 0 Å². The van der Waals surface area contributed by atoms with E-state index < -0.39 is 9.84 Å². The molecule has 0 spiro atoms. The minimum Gasteiger partial charge on any atom is -0.296 e. The Morgan fingerprint density at radius 1 is 1.15 bits per heavy atom. The first-order valence-electron chi connectivity index (χ1n) is 7.36. The highest BCUT2D eigenvalue weighted by atomic mass is 35.5. The number of rotatable bonds is 4. The lowest BCUT2D eigenvalue weighted by Crippen LogP contribution is -2.06.